The maximum Gasteiger partial charge on any atom is 0.338 e. The Balaban J connectivity index is 1.99. The number of esters is 1. The first-order chi connectivity index (χ1) is 16.2. The van der Waals surface area contributed by atoms with Gasteiger partial charge in [0.2, 0.25) is 5.91 Å². The molecule has 1 fully saturated rings. The SMILES string of the molecule is CCOC(=O)C1=C(CN2CCN(C(=O)C(C)C)C(C)C2)N(CC)C(=O)NC1c1ccccc1Cl. The molecule has 1 saturated heterocycles. The lowest BCUT2D eigenvalue weighted by molar-refractivity contribution is -0.139. The van der Waals surface area contributed by atoms with Gasteiger partial charge < -0.3 is 15.0 Å². The first-order valence-electron chi connectivity index (χ1n) is 11.9. The van der Waals surface area contributed by atoms with Crippen LogP contribution in [-0.2, 0) is 14.3 Å². The number of halogens is 1. The van der Waals surface area contributed by atoms with Crippen LogP contribution in [0.4, 0.5) is 4.79 Å². The Morgan fingerprint density at radius 2 is 1.91 bits per heavy atom. The van der Waals surface area contributed by atoms with Crippen LogP contribution in [0.15, 0.2) is 35.5 Å². The van der Waals surface area contributed by atoms with Crippen molar-refractivity contribution in [1.82, 2.24) is 20.0 Å². The topological polar surface area (TPSA) is 82.2 Å². The van der Waals surface area contributed by atoms with Crippen LogP contribution in [0.2, 0.25) is 5.02 Å². The number of hydrogen-bond acceptors (Lipinski definition) is 5. The van der Waals surface area contributed by atoms with E-state index in [1.54, 1.807) is 17.9 Å². The Morgan fingerprint density at radius 1 is 1.21 bits per heavy atom. The van der Waals surface area contributed by atoms with Crippen molar-refractivity contribution in [2.45, 2.75) is 46.7 Å². The van der Waals surface area contributed by atoms with Crippen LogP contribution in [0.1, 0.15) is 46.2 Å². The van der Waals surface area contributed by atoms with Crippen molar-refractivity contribution in [1.29, 1.82) is 0 Å². The van der Waals surface area contributed by atoms with Gasteiger partial charge in [-0.3, -0.25) is 14.6 Å². The Bertz CT molecular complexity index is 964. The molecule has 0 aromatic heterocycles. The fourth-order valence-corrected chi connectivity index (χ4v) is 4.89. The number of hydrogen-bond donors (Lipinski definition) is 1. The maximum absolute atomic E-state index is 13.2. The molecule has 34 heavy (non-hydrogen) atoms. The van der Waals surface area contributed by atoms with Crippen molar-refractivity contribution in [3.8, 4) is 0 Å². The van der Waals surface area contributed by atoms with Gasteiger partial charge >= 0.3 is 12.0 Å². The summed E-state index contributed by atoms with van der Waals surface area (Å²) in [5.41, 5.74) is 1.66. The van der Waals surface area contributed by atoms with Gasteiger partial charge in [0, 0.05) is 55.4 Å². The zero-order valence-corrected chi connectivity index (χ0v) is 21.4. The minimum atomic E-state index is -0.709. The Hall–Kier alpha value is -2.58. The van der Waals surface area contributed by atoms with Crippen molar-refractivity contribution < 1.29 is 19.1 Å². The summed E-state index contributed by atoms with van der Waals surface area (Å²) < 4.78 is 5.43. The van der Waals surface area contributed by atoms with E-state index in [-0.39, 0.29) is 30.5 Å². The zero-order valence-electron chi connectivity index (χ0n) is 20.6. The molecule has 1 aromatic rings. The lowest BCUT2D eigenvalue weighted by Crippen LogP contribution is -2.57. The third-order valence-electron chi connectivity index (χ3n) is 6.33. The second-order valence-electron chi connectivity index (χ2n) is 9.00. The van der Waals surface area contributed by atoms with Gasteiger partial charge in [-0.25, -0.2) is 9.59 Å². The summed E-state index contributed by atoms with van der Waals surface area (Å²) in [7, 11) is 0. The van der Waals surface area contributed by atoms with Gasteiger partial charge in [-0.05, 0) is 32.4 Å². The fraction of sp³-hybridized carbons (Fsp3) is 0.560. The molecule has 2 atom stereocenters. The number of rotatable bonds is 7. The van der Waals surface area contributed by atoms with Gasteiger partial charge in [0.1, 0.15) is 0 Å². The molecule has 186 valence electrons. The number of ether oxygens (including phenoxy) is 1. The predicted molar refractivity (Wildman–Crippen MR) is 131 cm³/mol. The molecule has 1 N–H and O–H groups in total. The standard InChI is InChI=1S/C25H35ClN4O4/c1-6-29-20(15-28-12-13-30(17(5)14-28)23(31)16(3)4)21(24(32)34-7-2)22(27-25(29)33)18-10-8-9-11-19(18)26/h8-11,16-17,22H,6-7,12-15H2,1-5H3,(H,27,33). The van der Waals surface area contributed by atoms with E-state index < -0.39 is 12.0 Å². The number of piperazine rings is 1. The molecule has 8 nitrogen and oxygen atoms in total. The molecule has 3 rings (SSSR count). The van der Waals surface area contributed by atoms with E-state index in [1.165, 1.54) is 0 Å². The van der Waals surface area contributed by atoms with Crippen molar-refractivity contribution in [3.63, 3.8) is 0 Å². The number of nitrogens with zero attached hydrogens (tertiary/aromatic N) is 3. The predicted octanol–water partition coefficient (Wildman–Crippen LogP) is 3.43. The number of benzene rings is 1. The molecule has 0 saturated carbocycles. The number of likely N-dealkylation sites (N-methyl/N-ethyl adjacent to an activating group) is 1. The van der Waals surface area contributed by atoms with Gasteiger partial charge in [0.05, 0.1) is 18.2 Å². The molecular formula is C25H35ClN4O4. The lowest BCUT2D eigenvalue weighted by atomic mass is 9.94. The Morgan fingerprint density at radius 3 is 2.50 bits per heavy atom. The molecule has 2 aliphatic rings. The van der Waals surface area contributed by atoms with Crippen molar-refractivity contribution in [2.75, 3.05) is 39.3 Å². The molecule has 2 heterocycles. The summed E-state index contributed by atoms with van der Waals surface area (Å²) in [5, 5.41) is 3.41. The Labute approximate surface area is 206 Å². The summed E-state index contributed by atoms with van der Waals surface area (Å²) >= 11 is 6.47. The third kappa shape index (κ3) is 5.39. The minimum absolute atomic E-state index is 0.0298. The monoisotopic (exact) mass is 490 g/mol. The van der Waals surface area contributed by atoms with Crippen LogP contribution in [0.25, 0.3) is 0 Å². The summed E-state index contributed by atoms with van der Waals surface area (Å²) in [4.78, 5) is 44.6. The quantitative estimate of drug-likeness (QED) is 0.592. The normalized spacial score (nSPS) is 21.7. The smallest absolute Gasteiger partial charge is 0.338 e. The van der Waals surface area contributed by atoms with Gasteiger partial charge in [-0.1, -0.05) is 43.6 Å². The summed E-state index contributed by atoms with van der Waals surface area (Å²) in [6, 6.07) is 6.23. The van der Waals surface area contributed by atoms with E-state index in [0.29, 0.717) is 54.6 Å². The molecule has 0 radical (unpaired) electrons. The fourth-order valence-electron chi connectivity index (χ4n) is 4.65. The van der Waals surface area contributed by atoms with Crippen molar-refractivity contribution >= 4 is 29.5 Å². The van der Waals surface area contributed by atoms with Crippen molar-refractivity contribution in [3.05, 3.63) is 46.1 Å². The number of urea groups is 1. The second-order valence-corrected chi connectivity index (χ2v) is 9.41. The first kappa shape index (κ1) is 26.0. The van der Waals surface area contributed by atoms with Crippen LogP contribution < -0.4 is 5.32 Å². The first-order valence-corrected chi connectivity index (χ1v) is 12.3. The number of amides is 3. The number of carbonyl (C=O) groups is 3. The van der Waals surface area contributed by atoms with Gasteiger partial charge in [-0.15, -0.1) is 0 Å². The summed E-state index contributed by atoms with van der Waals surface area (Å²) in [5.74, 6) is -0.381. The van der Waals surface area contributed by atoms with E-state index in [9.17, 15) is 14.4 Å². The highest BCUT2D eigenvalue weighted by Crippen LogP contribution is 2.35. The summed E-state index contributed by atoms with van der Waals surface area (Å²) in [6.45, 7) is 12.4. The van der Waals surface area contributed by atoms with Crippen molar-refractivity contribution in [2.24, 2.45) is 5.92 Å². The van der Waals surface area contributed by atoms with E-state index in [4.69, 9.17) is 16.3 Å². The molecule has 3 amide bonds. The molecule has 0 bridgehead atoms. The molecule has 2 unspecified atom stereocenters. The third-order valence-corrected chi connectivity index (χ3v) is 6.67. The molecule has 0 aliphatic carbocycles. The van der Waals surface area contributed by atoms with Gasteiger partial charge in [0.15, 0.2) is 0 Å². The summed E-state index contributed by atoms with van der Waals surface area (Å²) in [6.07, 6.45) is 0. The zero-order chi connectivity index (χ0) is 25.0. The van der Waals surface area contributed by atoms with Crippen LogP contribution in [0, 0.1) is 5.92 Å². The minimum Gasteiger partial charge on any atom is -0.463 e. The highest BCUT2D eigenvalue weighted by Gasteiger charge is 2.39. The Kier molecular flexibility index (Phi) is 8.60. The highest BCUT2D eigenvalue weighted by molar-refractivity contribution is 6.31. The van der Waals surface area contributed by atoms with Crippen LogP contribution in [-0.4, -0.2) is 78.0 Å². The highest BCUT2D eigenvalue weighted by atomic mass is 35.5. The maximum atomic E-state index is 13.2. The molecule has 9 heteroatoms. The molecule has 0 spiro atoms. The van der Waals surface area contributed by atoms with Crippen LogP contribution >= 0.6 is 11.6 Å². The number of nitrogens with one attached hydrogen (secondary N) is 1. The average molecular weight is 491 g/mol. The largest absolute Gasteiger partial charge is 0.463 e. The average Bonchev–Trinajstić information content (AvgIpc) is 2.79. The van der Waals surface area contributed by atoms with E-state index in [1.807, 2.05) is 50.8 Å². The van der Waals surface area contributed by atoms with E-state index in [2.05, 4.69) is 10.2 Å². The van der Waals surface area contributed by atoms with Gasteiger partial charge in [-0.2, -0.15) is 0 Å². The van der Waals surface area contributed by atoms with Crippen LogP contribution in [0.3, 0.4) is 0 Å². The molecular weight excluding hydrogens is 456 g/mol. The van der Waals surface area contributed by atoms with Gasteiger partial charge in [0.25, 0.3) is 0 Å². The van der Waals surface area contributed by atoms with E-state index >= 15 is 0 Å². The van der Waals surface area contributed by atoms with E-state index in [0.717, 1.165) is 0 Å². The number of carbonyl (C=O) groups excluding carboxylic acids is 3. The molecule has 1 aromatic carbocycles. The second kappa shape index (κ2) is 11.2. The lowest BCUT2D eigenvalue weighted by Gasteiger charge is -2.43. The molecule has 2 aliphatic heterocycles. The van der Waals surface area contributed by atoms with Crippen LogP contribution in [0.5, 0.6) is 0 Å².